The third-order valence-corrected chi connectivity index (χ3v) is 3.41. The first-order valence-corrected chi connectivity index (χ1v) is 6.85. The molecule has 106 valence electrons. The molecule has 0 saturated carbocycles. The summed E-state index contributed by atoms with van der Waals surface area (Å²) in [6, 6.07) is 12.2. The lowest BCUT2D eigenvalue weighted by Gasteiger charge is -2.12. The van der Waals surface area contributed by atoms with Crippen molar-refractivity contribution < 1.29 is 8.78 Å². The van der Waals surface area contributed by atoms with E-state index < -0.39 is 11.6 Å². The molecule has 0 aliphatic carbocycles. The highest BCUT2D eigenvalue weighted by Gasteiger charge is 2.08. The summed E-state index contributed by atoms with van der Waals surface area (Å²) in [4.78, 5) is 0. The van der Waals surface area contributed by atoms with Crippen LogP contribution in [-0.4, -0.2) is 6.04 Å². The summed E-state index contributed by atoms with van der Waals surface area (Å²) in [5.74, 6) is -1.64. The first-order chi connectivity index (χ1) is 9.58. The monoisotopic (exact) mass is 275 g/mol. The maximum absolute atomic E-state index is 13.1. The van der Waals surface area contributed by atoms with Crippen molar-refractivity contribution in [2.75, 3.05) is 0 Å². The fraction of sp³-hybridized carbons (Fsp3) is 0.294. The molecule has 3 heteroatoms. The van der Waals surface area contributed by atoms with Crippen LogP contribution in [0.5, 0.6) is 0 Å². The van der Waals surface area contributed by atoms with E-state index in [1.807, 2.05) is 0 Å². The quantitative estimate of drug-likeness (QED) is 0.885. The second kappa shape index (κ2) is 6.62. The minimum absolute atomic E-state index is 0.104. The molecule has 2 rings (SSSR count). The van der Waals surface area contributed by atoms with Crippen LogP contribution in [-0.2, 0) is 19.3 Å². The predicted octanol–water partition coefficient (Wildman–Crippen LogP) is 3.64. The Morgan fingerprint density at radius 3 is 2.00 bits per heavy atom. The Kier molecular flexibility index (Phi) is 4.85. The van der Waals surface area contributed by atoms with Crippen molar-refractivity contribution in [3.05, 3.63) is 70.8 Å². The van der Waals surface area contributed by atoms with Crippen molar-refractivity contribution in [3.63, 3.8) is 0 Å². The zero-order valence-electron chi connectivity index (χ0n) is 11.6. The van der Waals surface area contributed by atoms with Gasteiger partial charge in [0.05, 0.1) is 0 Å². The van der Waals surface area contributed by atoms with Gasteiger partial charge in [0.25, 0.3) is 0 Å². The lowest BCUT2D eigenvalue weighted by atomic mass is 9.98. The van der Waals surface area contributed by atoms with Gasteiger partial charge in [-0.1, -0.05) is 37.3 Å². The molecule has 2 N–H and O–H groups in total. The minimum Gasteiger partial charge on any atom is -0.327 e. The number of hydrogen-bond acceptors (Lipinski definition) is 1. The van der Waals surface area contributed by atoms with Gasteiger partial charge in [0, 0.05) is 6.04 Å². The van der Waals surface area contributed by atoms with E-state index in [4.69, 9.17) is 5.73 Å². The Bertz CT molecular complexity index is 564. The predicted molar refractivity (Wildman–Crippen MR) is 77.6 cm³/mol. The average molecular weight is 275 g/mol. The van der Waals surface area contributed by atoms with E-state index in [2.05, 4.69) is 31.2 Å². The van der Waals surface area contributed by atoms with Gasteiger partial charge in [-0.05, 0) is 48.1 Å². The Morgan fingerprint density at radius 2 is 1.40 bits per heavy atom. The zero-order valence-corrected chi connectivity index (χ0v) is 11.6. The molecule has 1 atom stereocenters. The average Bonchev–Trinajstić information content (AvgIpc) is 2.44. The van der Waals surface area contributed by atoms with Crippen LogP contribution in [0.3, 0.4) is 0 Å². The maximum Gasteiger partial charge on any atom is 0.159 e. The van der Waals surface area contributed by atoms with Gasteiger partial charge in [-0.3, -0.25) is 0 Å². The van der Waals surface area contributed by atoms with Crippen molar-refractivity contribution in [1.29, 1.82) is 0 Å². The van der Waals surface area contributed by atoms with Gasteiger partial charge in [0.1, 0.15) is 0 Å². The van der Waals surface area contributed by atoms with E-state index in [1.54, 1.807) is 6.07 Å². The summed E-state index contributed by atoms with van der Waals surface area (Å²) in [6.07, 6.45) is 2.27. The highest BCUT2D eigenvalue weighted by Crippen LogP contribution is 2.13. The molecule has 20 heavy (non-hydrogen) atoms. The van der Waals surface area contributed by atoms with E-state index in [0.717, 1.165) is 30.0 Å². The van der Waals surface area contributed by atoms with Crippen molar-refractivity contribution >= 4 is 0 Å². The molecule has 1 unspecified atom stereocenters. The van der Waals surface area contributed by atoms with Gasteiger partial charge in [-0.2, -0.15) is 0 Å². The SMILES string of the molecule is CCc1ccc(CC(N)Cc2ccc(F)c(F)c2)cc1. The lowest BCUT2D eigenvalue weighted by Crippen LogP contribution is -2.25. The summed E-state index contributed by atoms with van der Waals surface area (Å²) >= 11 is 0. The summed E-state index contributed by atoms with van der Waals surface area (Å²) in [6.45, 7) is 2.11. The minimum atomic E-state index is -0.822. The lowest BCUT2D eigenvalue weighted by molar-refractivity contribution is 0.506. The molecule has 0 bridgehead atoms. The van der Waals surface area contributed by atoms with Gasteiger partial charge in [-0.25, -0.2) is 8.78 Å². The van der Waals surface area contributed by atoms with Crippen molar-refractivity contribution in [2.45, 2.75) is 32.2 Å². The number of hydrogen-bond donors (Lipinski definition) is 1. The second-order valence-electron chi connectivity index (χ2n) is 5.09. The topological polar surface area (TPSA) is 26.0 Å². The van der Waals surface area contributed by atoms with Gasteiger partial charge >= 0.3 is 0 Å². The van der Waals surface area contributed by atoms with Crippen LogP contribution in [0.1, 0.15) is 23.6 Å². The Balaban J connectivity index is 1.97. The normalized spacial score (nSPS) is 12.4. The fourth-order valence-corrected chi connectivity index (χ4v) is 2.26. The van der Waals surface area contributed by atoms with Crippen LogP contribution in [0.15, 0.2) is 42.5 Å². The van der Waals surface area contributed by atoms with Gasteiger partial charge in [-0.15, -0.1) is 0 Å². The van der Waals surface area contributed by atoms with Crippen molar-refractivity contribution in [2.24, 2.45) is 5.73 Å². The molecule has 0 heterocycles. The Labute approximate surface area is 118 Å². The fourth-order valence-electron chi connectivity index (χ4n) is 2.26. The molecule has 0 aromatic heterocycles. The van der Waals surface area contributed by atoms with Gasteiger partial charge in [0.2, 0.25) is 0 Å². The smallest absolute Gasteiger partial charge is 0.159 e. The van der Waals surface area contributed by atoms with E-state index >= 15 is 0 Å². The molecule has 2 aromatic carbocycles. The van der Waals surface area contributed by atoms with E-state index in [0.29, 0.717) is 6.42 Å². The van der Waals surface area contributed by atoms with E-state index in [1.165, 1.54) is 11.6 Å². The second-order valence-corrected chi connectivity index (χ2v) is 5.09. The number of nitrogens with two attached hydrogens (primary N) is 1. The first kappa shape index (κ1) is 14.7. The number of aryl methyl sites for hydroxylation is 1. The highest BCUT2D eigenvalue weighted by atomic mass is 19.2. The van der Waals surface area contributed by atoms with Crippen LogP contribution < -0.4 is 5.73 Å². The summed E-state index contributed by atoms with van der Waals surface area (Å²) in [5, 5.41) is 0. The highest BCUT2D eigenvalue weighted by molar-refractivity contribution is 5.24. The zero-order chi connectivity index (χ0) is 14.5. The van der Waals surface area contributed by atoms with Crippen LogP contribution in [0.4, 0.5) is 8.78 Å². The van der Waals surface area contributed by atoms with E-state index in [9.17, 15) is 8.78 Å². The molecular weight excluding hydrogens is 256 g/mol. The van der Waals surface area contributed by atoms with Crippen molar-refractivity contribution in [3.8, 4) is 0 Å². The molecule has 0 aliphatic heterocycles. The van der Waals surface area contributed by atoms with Gasteiger partial charge in [0.15, 0.2) is 11.6 Å². The first-order valence-electron chi connectivity index (χ1n) is 6.85. The standard InChI is InChI=1S/C17H19F2N/c1-2-12-3-5-13(6-4-12)9-15(20)10-14-7-8-16(18)17(19)11-14/h3-8,11,15H,2,9-10,20H2,1H3. The van der Waals surface area contributed by atoms with Crippen molar-refractivity contribution in [1.82, 2.24) is 0 Å². The third-order valence-electron chi connectivity index (χ3n) is 3.41. The molecule has 2 aromatic rings. The van der Waals surface area contributed by atoms with Crippen LogP contribution >= 0.6 is 0 Å². The number of rotatable bonds is 5. The molecule has 0 aliphatic rings. The summed E-state index contributed by atoms with van der Waals surface area (Å²) in [7, 11) is 0. The van der Waals surface area contributed by atoms with Crippen LogP contribution in [0.25, 0.3) is 0 Å². The number of halogens is 2. The van der Waals surface area contributed by atoms with Crippen LogP contribution in [0.2, 0.25) is 0 Å². The Hall–Kier alpha value is -1.74. The largest absolute Gasteiger partial charge is 0.327 e. The van der Waals surface area contributed by atoms with Crippen LogP contribution in [0, 0.1) is 11.6 Å². The maximum atomic E-state index is 13.1. The van der Waals surface area contributed by atoms with Gasteiger partial charge < -0.3 is 5.73 Å². The molecule has 0 amide bonds. The molecule has 0 spiro atoms. The number of benzene rings is 2. The van der Waals surface area contributed by atoms with E-state index in [-0.39, 0.29) is 6.04 Å². The molecular formula is C17H19F2N. The Morgan fingerprint density at radius 1 is 0.850 bits per heavy atom. The summed E-state index contributed by atoms with van der Waals surface area (Å²) in [5.41, 5.74) is 9.26. The third kappa shape index (κ3) is 3.87. The molecule has 0 radical (unpaired) electrons. The molecule has 1 nitrogen and oxygen atoms in total. The molecule has 0 fully saturated rings. The summed E-state index contributed by atoms with van der Waals surface area (Å²) < 4.78 is 26.0. The molecule has 0 saturated heterocycles.